The molecule has 94 valence electrons. The first kappa shape index (κ1) is 13.5. The zero-order valence-corrected chi connectivity index (χ0v) is 10.9. The van der Waals surface area contributed by atoms with Crippen molar-refractivity contribution in [1.82, 2.24) is 9.80 Å². The topological polar surface area (TPSA) is 32.8 Å². The molecule has 0 aromatic heterocycles. The van der Waals surface area contributed by atoms with Crippen LogP contribution in [0.5, 0.6) is 0 Å². The second kappa shape index (κ2) is 6.21. The van der Waals surface area contributed by atoms with Crippen molar-refractivity contribution in [3.05, 3.63) is 0 Å². The molecule has 4 heteroatoms. The number of hydrogen-bond donors (Lipinski definition) is 0. The van der Waals surface area contributed by atoms with Gasteiger partial charge in [-0.15, -0.1) is 0 Å². The molecule has 4 nitrogen and oxygen atoms in total. The van der Waals surface area contributed by atoms with Crippen molar-refractivity contribution >= 4 is 5.91 Å². The van der Waals surface area contributed by atoms with Crippen LogP contribution in [0.2, 0.25) is 0 Å². The average Bonchev–Trinajstić information content (AvgIpc) is 2.24. The maximum Gasteiger partial charge on any atom is 0.236 e. The first-order chi connectivity index (χ1) is 7.56. The lowest BCUT2D eigenvalue weighted by Gasteiger charge is -2.36. The molecule has 0 aliphatic carbocycles. The average molecular weight is 228 g/mol. The summed E-state index contributed by atoms with van der Waals surface area (Å²) in [7, 11) is 0. The molecule has 1 aliphatic heterocycles. The van der Waals surface area contributed by atoms with Crippen LogP contribution in [0.4, 0.5) is 0 Å². The Morgan fingerprint density at radius 3 is 2.19 bits per heavy atom. The monoisotopic (exact) mass is 228 g/mol. The highest BCUT2D eigenvalue weighted by atomic mass is 16.5. The standard InChI is InChI=1S/C12H24N2O2/c1-5-13(6-2)9-12(15)14-7-10(3)16-11(4)8-14/h10-11H,5-9H2,1-4H3. The minimum Gasteiger partial charge on any atom is -0.372 e. The van der Waals surface area contributed by atoms with E-state index in [4.69, 9.17) is 4.74 Å². The molecule has 16 heavy (non-hydrogen) atoms. The van der Waals surface area contributed by atoms with Gasteiger partial charge in [0.05, 0.1) is 18.8 Å². The quantitative estimate of drug-likeness (QED) is 0.718. The molecule has 0 aromatic carbocycles. The number of amides is 1. The highest BCUT2D eigenvalue weighted by Crippen LogP contribution is 2.10. The minimum absolute atomic E-state index is 0.157. The minimum atomic E-state index is 0.157. The lowest BCUT2D eigenvalue weighted by molar-refractivity contribution is -0.144. The molecule has 2 unspecified atom stereocenters. The third-order valence-electron chi connectivity index (χ3n) is 3.03. The van der Waals surface area contributed by atoms with Crippen molar-refractivity contribution in [1.29, 1.82) is 0 Å². The molecular formula is C12H24N2O2. The van der Waals surface area contributed by atoms with Gasteiger partial charge in [-0.2, -0.15) is 0 Å². The first-order valence-corrected chi connectivity index (χ1v) is 6.22. The van der Waals surface area contributed by atoms with Crippen LogP contribution in [0, 0.1) is 0 Å². The molecule has 1 saturated heterocycles. The van der Waals surface area contributed by atoms with E-state index < -0.39 is 0 Å². The Hall–Kier alpha value is -0.610. The van der Waals surface area contributed by atoms with E-state index in [-0.39, 0.29) is 18.1 Å². The summed E-state index contributed by atoms with van der Waals surface area (Å²) in [4.78, 5) is 16.1. The number of hydrogen-bond acceptors (Lipinski definition) is 3. The second-order valence-electron chi connectivity index (χ2n) is 4.52. The van der Waals surface area contributed by atoms with Gasteiger partial charge in [0.15, 0.2) is 0 Å². The zero-order valence-electron chi connectivity index (χ0n) is 10.9. The van der Waals surface area contributed by atoms with Crippen LogP contribution in [0.1, 0.15) is 27.7 Å². The fourth-order valence-electron chi connectivity index (χ4n) is 2.12. The fourth-order valence-corrected chi connectivity index (χ4v) is 2.12. The third-order valence-corrected chi connectivity index (χ3v) is 3.03. The van der Waals surface area contributed by atoms with Gasteiger partial charge < -0.3 is 9.64 Å². The lowest BCUT2D eigenvalue weighted by atomic mass is 10.2. The van der Waals surface area contributed by atoms with Gasteiger partial charge in [0, 0.05) is 13.1 Å². The molecular weight excluding hydrogens is 204 g/mol. The van der Waals surface area contributed by atoms with E-state index in [0.29, 0.717) is 6.54 Å². The Morgan fingerprint density at radius 2 is 1.75 bits per heavy atom. The molecule has 1 aliphatic rings. The van der Waals surface area contributed by atoms with Crippen LogP contribution in [0.25, 0.3) is 0 Å². The zero-order chi connectivity index (χ0) is 12.1. The molecule has 0 N–H and O–H groups in total. The molecule has 0 radical (unpaired) electrons. The summed E-state index contributed by atoms with van der Waals surface area (Å²) in [5.41, 5.74) is 0. The van der Waals surface area contributed by atoms with E-state index in [1.54, 1.807) is 0 Å². The van der Waals surface area contributed by atoms with E-state index >= 15 is 0 Å². The number of carbonyl (C=O) groups is 1. The van der Waals surface area contributed by atoms with Gasteiger partial charge >= 0.3 is 0 Å². The maximum atomic E-state index is 12.0. The highest BCUT2D eigenvalue weighted by molar-refractivity contribution is 5.78. The Bertz CT molecular complexity index is 219. The maximum absolute atomic E-state index is 12.0. The van der Waals surface area contributed by atoms with Crippen LogP contribution >= 0.6 is 0 Å². The predicted molar refractivity (Wildman–Crippen MR) is 64.4 cm³/mol. The number of nitrogens with zero attached hydrogens (tertiary/aromatic N) is 2. The molecule has 0 spiro atoms. The molecule has 1 fully saturated rings. The summed E-state index contributed by atoms with van der Waals surface area (Å²) >= 11 is 0. The van der Waals surface area contributed by atoms with Crippen molar-refractivity contribution in [3.63, 3.8) is 0 Å². The number of carbonyl (C=O) groups excluding carboxylic acids is 1. The summed E-state index contributed by atoms with van der Waals surface area (Å²) in [5.74, 6) is 0.228. The fraction of sp³-hybridized carbons (Fsp3) is 0.917. The summed E-state index contributed by atoms with van der Waals surface area (Å²) in [6.45, 7) is 12.1. The SMILES string of the molecule is CCN(CC)CC(=O)N1CC(C)OC(C)C1. The van der Waals surface area contributed by atoms with Gasteiger partial charge in [-0.1, -0.05) is 13.8 Å². The van der Waals surface area contributed by atoms with Gasteiger partial charge in [-0.05, 0) is 26.9 Å². The normalized spacial score (nSPS) is 26.2. The van der Waals surface area contributed by atoms with Gasteiger partial charge in [0.25, 0.3) is 0 Å². The smallest absolute Gasteiger partial charge is 0.236 e. The molecule has 1 amide bonds. The van der Waals surface area contributed by atoms with Crippen LogP contribution < -0.4 is 0 Å². The highest BCUT2D eigenvalue weighted by Gasteiger charge is 2.26. The third kappa shape index (κ3) is 3.76. The van der Waals surface area contributed by atoms with Crippen molar-refractivity contribution < 1.29 is 9.53 Å². The number of rotatable bonds is 4. The van der Waals surface area contributed by atoms with Gasteiger partial charge in [-0.3, -0.25) is 9.69 Å². The van der Waals surface area contributed by atoms with Crippen LogP contribution in [-0.4, -0.2) is 60.6 Å². The molecule has 1 rings (SSSR count). The number of ether oxygens (including phenoxy) is 1. The molecule has 2 atom stereocenters. The largest absolute Gasteiger partial charge is 0.372 e. The first-order valence-electron chi connectivity index (χ1n) is 6.22. The van der Waals surface area contributed by atoms with Crippen molar-refractivity contribution in [2.24, 2.45) is 0 Å². The summed E-state index contributed by atoms with van der Waals surface area (Å²) < 4.78 is 5.62. The summed E-state index contributed by atoms with van der Waals surface area (Å²) in [6, 6.07) is 0. The van der Waals surface area contributed by atoms with Gasteiger partial charge in [0.2, 0.25) is 5.91 Å². The summed E-state index contributed by atoms with van der Waals surface area (Å²) in [6.07, 6.45) is 0.314. The Balaban J connectivity index is 2.46. The number of likely N-dealkylation sites (N-methyl/N-ethyl adjacent to an activating group) is 1. The lowest BCUT2D eigenvalue weighted by Crippen LogP contribution is -2.51. The Kier molecular flexibility index (Phi) is 5.22. The van der Waals surface area contributed by atoms with E-state index in [1.165, 1.54) is 0 Å². The van der Waals surface area contributed by atoms with Gasteiger partial charge in [-0.25, -0.2) is 0 Å². The molecule has 0 saturated carbocycles. The molecule has 0 bridgehead atoms. The van der Waals surface area contributed by atoms with Crippen molar-refractivity contribution in [2.45, 2.75) is 39.9 Å². The van der Waals surface area contributed by atoms with Crippen molar-refractivity contribution in [3.8, 4) is 0 Å². The van der Waals surface area contributed by atoms with Gasteiger partial charge in [0.1, 0.15) is 0 Å². The van der Waals surface area contributed by atoms with E-state index in [0.717, 1.165) is 26.2 Å². The predicted octanol–water partition coefficient (Wildman–Crippen LogP) is 0.964. The summed E-state index contributed by atoms with van der Waals surface area (Å²) in [5, 5.41) is 0. The van der Waals surface area contributed by atoms with E-state index in [9.17, 15) is 4.79 Å². The van der Waals surface area contributed by atoms with E-state index in [2.05, 4.69) is 18.7 Å². The van der Waals surface area contributed by atoms with Crippen LogP contribution in [-0.2, 0) is 9.53 Å². The number of morpholine rings is 1. The van der Waals surface area contributed by atoms with Crippen molar-refractivity contribution in [2.75, 3.05) is 32.7 Å². The van der Waals surface area contributed by atoms with E-state index in [1.807, 2.05) is 18.7 Å². The Morgan fingerprint density at radius 1 is 1.25 bits per heavy atom. The molecule has 1 heterocycles. The van der Waals surface area contributed by atoms with Crippen LogP contribution in [0.15, 0.2) is 0 Å². The molecule has 0 aromatic rings. The van der Waals surface area contributed by atoms with Crippen LogP contribution in [0.3, 0.4) is 0 Å². The second-order valence-corrected chi connectivity index (χ2v) is 4.52. The Labute approximate surface area is 98.5 Å².